The number of rotatable bonds is 4. The smallest absolute Gasteiger partial charge is 0.135 e. The van der Waals surface area contributed by atoms with Crippen molar-refractivity contribution >= 4 is 39.0 Å². The molecule has 16 rings (SSSR count). The summed E-state index contributed by atoms with van der Waals surface area (Å²) in [6.07, 6.45) is 0. The van der Waals surface area contributed by atoms with Crippen LogP contribution in [0.3, 0.4) is 0 Å². The number of ether oxygens (including phenoxy) is 2. The lowest BCUT2D eigenvalue weighted by atomic mass is 9.66. The fourth-order valence-corrected chi connectivity index (χ4v) is 13.2. The topological polar surface area (TPSA) is 34.8 Å². The molecule has 0 saturated heterocycles. The van der Waals surface area contributed by atoms with Gasteiger partial charge in [0.15, 0.2) is 0 Å². The monoisotopic (exact) mass is 919 g/mol. The van der Waals surface area contributed by atoms with E-state index in [0.29, 0.717) is 0 Å². The van der Waals surface area contributed by atoms with E-state index in [0.717, 1.165) is 95.4 Å². The van der Waals surface area contributed by atoms with Crippen molar-refractivity contribution < 1.29 is 13.9 Å². The summed E-state index contributed by atoms with van der Waals surface area (Å²) in [6.45, 7) is 0. The van der Waals surface area contributed by atoms with Crippen molar-refractivity contribution in [2.24, 2.45) is 0 Å². The summed E-state index contributed by atoms with van der Waals surface area (Å²) >= 11 is 0. The molecule has 3 heterocycles. The van der Waals surface area contributed by atoms with Gasteiger partial charge in [0.25, 0.3) is 0 Å². The van der Waals surface area contributed by atoms with Crippen LogP contribution in [0.1, 0.15) is 44.5 Å². The van der Waals surface area contributed by atoms with Crippen LogP contribution in [0.4, 0.5) is 17.1 Å². The van der Waals surface area contributed by atoms with Crippen molar-refractivity contribution in [2.75, 3.05) is 4.90 Å². The van der Waals surface area contributed by atoms with Gasteiger partial charge in [-0.05, 0) is 123 Å². The number of benzene rings is 11. The summed E-state index contributed by atoms with van der Waals surface area (Å²) in [6, 6.07) is 90.4. The third kappa shape index (κ3) is 5.10. The molecule has 0 amide bonds. The van der Waals surface area contributed by atoms with E-state index in [4.69, 9.17) is 13.9 Å². The normalized spacial score (nSPS) is 14.3. The quantitative estimate of drug-likeness (QED) is 0.176. The number of furan rings is 1. The molecule has 4 aliphatic rings. The van der Waals surface area contributed by atoms with Crippen LogP contribution in [-0.4, -0.2) is 0 Å². The van der Waals surface area contributed by atoms with Gasteiger partial charge in [-0.15, -0.1) is 0 Å². The van der Waals surface area contributed by atoms with Crippen LogP contribution < -0.4 is 14.4 Å². The van der Waals surface area contributed by atoms with Gasteiger partial charge in [0.05, 0.1) is 16.5 Å². The van der Waals surface area contributed by atoms with E-state index < -0.39 is 10.8 Å². The number of para-hydroxylation sites is 5. The number of hydrogen-bond donors (Lipinski definition) is 0. The molecule has 72 heavy (non-hydrogen) atoms. The minimum atomic E-state index is -0.635. The highest BCUT2D eigenvalue weighted by Gasteiger charge is 2.53. The highest BCUT2D eigenvalue weighted by atomic mass is 16.5. The molecule has 12 aromatic rings. The van der Waals surface area contributed by atoms with E-state index >= 15 is 0 Å². The molecule has 2 aliphatic carbocycles. The van der Waals surface area contributed by atoms with Gasteiger partial charge in [0, 0.05) is 50.0 Å². The fourth-order valence-electron chi connectivity index (χ4n) is 13.2. The van der Waals surface area contributed by atoms with E-state index in [1.165, 1.54) is 44.5 Å². The Morgan fingerprint density at radius 2 is 0.764 bits per heavy atom. The van der Waals surface area contributed by atoms with E-state index in [-0.39, 0.29) is 0 Å². The summed E-state index contributed by atoms with van der Waals surface area (Å²) in [5.74, 6) is 3.49. The van der Waals surface area contributed by atoms with Crippen LogP contribution in [0.2, 0.25) is 0 Å². The Morgan fingerprint density at radius 1 is 0.292 bits per heavy atom. The zero-order valence-electron chi connectivity index (χ0n) is 38.8. The first-order valence-electron chi connectivity index (χ1n) is 24.7. The lowest BCUT2D eigenvalue weighted by Crippen LogP contribution is -2.32. The Balaban J connectivity index is 0.963. The van der Waals surface area contributed by atoms with Crippen molar-refractivity contribution in [3.63, 3.8) is 0 Å². The molecule has 4 nitrogen and oxygen atoms in total. The second-order valence-electron chi connectivity index (χ2n) is 19.4. The minimum Gasteiger partial charge on any atom is -0.457 e. The molecule has 0 unspecified atom stereocenters. The van der Waals surface area contributed by atoms with E-state index in [1.54, 1.807) is 0 Å². The van der Waals surface area contributed by atoms with Crippen LogP contribution in [0.15, 0.2) is 253 Å². The number of fused-ring (bicyclic) bond motifs is 21. The van der Waals surface area contributed by atoms with Crippen molar-refractivity contribution in [1.29, 1.82) is 0 Å². The summed E-state index contributed by atoms with van der Waals surface area (Å²) in [7, 11) is 0. The molecule has 0 radical (unpaired) electrons. The Bertz CT molecular complexity index is 4170. The lowest BCUT2D eigenvalue weighted by Gasteiger charge is -2.40. The van der Waals surface area contributed by atoms with Crippen LogP contribution in [0, 0.1) is 0 Å². The molecule has 336 valence electrons. The van der Waals surface area contributed by atoms with Gasteiger partial charge < -0.3 is 18.8 Å². The van der Waals surface area contributed by atoms with Crippen LogP contribution >= 0.6 is 0 Å². The third-order valence-electron chi connectivity index (χ3n) is 16.0. The van der Waals surface area contributed by atoms with E-state index in [9.17, 15) is 0 Å². The summed E-state index contributed by atoms with van der Waals surface area (Å²) in [5, 5.41) is 2.23. The predicted molar refractivity (Wildman–Crippen MR) is 289 cm³/mol. The van der Waals surface area contributed by atoms with Gasteiger partial charge in [-0.2, -0.15) is 0 Å². The average Bonchev–Trinajstić information content (AvgIpc) is 4.06. The Labute approximate surface area is 416 Å². The van der Waals surface area contributed by atoms with Crippen LogP contribution in [0.25, 0.3) is 55.3 Å². The third-order valence-corrected chi connectivity index (χ3v) is 16.0. The summed E-state index contributed by atoms with van der Waals surface area (Å²) in [5.41, 5.74) is 20.3. The second kappa shape index (κ2) is 14.6. The molecule has 0 fully saturated rings. The van der Waals surface area contributed by atoms with Gasteiger partial charge in [-0.3, -0.25) is 0 Å². The Morgan fingerprint density at radius 3 is 1.42 bits per heavy atom. The fraction of sp³-hybridized carbons (Fsp3) is 0.0294. The van der Waals surface area contributed by atoms with E-state index in [2.05, 4.69) is 241 Å². The second-order valence-corrected chi connectivity index (χ2v) is 19.4. The first-order chi connectivity index (χ1) is 35.7. The van der Waals surface area contributed by atoms with Gasteiger partial charge in [-0.25, -0.2) is 0 Å². The largest absolute Gasteiger partial charge is 0.457 e. The highest BCUT2D eigenvalue weighted by Crippen LogP contribution is 2.66. The average molecular weight is 920 g/mol. The van der Waals surface area contributed by atoms with Gasteiger partial charge in [-0.1, -0.05) is 176 Å². The zero-order chi connectivity index (χ0) is 47.1. The number of hydrogen-bond acceptors (Lipinski definition) is 4. The maximum Gasteiger partial charge on any atom is 0.135 e. The van der Waals surface area contributed by atoms with E-state index in [1.807, 2.05) is 12.1 Å². The SMILES string of the molecule is c1ccc2c(c1)Oc1ccccc1C21c2ccccc2-c2ccc(N(c3ccc(-c4ccc5oc6ccccc6c5c4)cc3)c3cccc4c3-c3ccccc3C43c4ccccc4Oc4ccccc43)cc21. The predicted octanol–water partition coefficient (Wildman–Crippen LogP) is 17.7. The maximum absolute atomic E-state index is 6.76. The first kappa shape index (κ1) is 39.5. The standard InChI is InChI=1S/C68H41NO3/c1-4-19-51-46(16-1)47-38-37-45(41-58(47)68(51)55-23-8-13-30-64(55)72-65-31-14-9-24-56(65)68)69(44-35-32-42(33-36-44)43-34-39-61-50(40-43)48-17-3-10-27-60(48)70-61)59-26-15-25-57-66(59)49-18-2-5-20-52(49)67(57)53-21-6-11-28-62(53)71-63-29-12-7-22-54(63)67/h1-41H. The van der Waals surface area contributed by atoms with Gasteiger partial charge in [0.1, 0.15) is 34.2 Å². The van der Waals surface area contributed by atoms with Crippen molar-refractivity contribution in [1.82, 2.24) is 0 Å². The molecule has 11 aromatic carbocycles. The van der Waals surface area contributed by atoms with Crippen molar-refractivity contribution in [2.45, 2.75) is 10.8 Å². The van der Waals surface area contributed by atoms with Crippen molar-refractivity contribution in [3.8, 4) is 56.4 Å². The van der Waals surface area contributed by atoms with Crippen LogP contribution in [0.5, 0.6) is 23.0 Å². The first-order valence-corrected chi connectivity index (χ1v) is 24.7. The molecule has 2 aliphatic heterocycles. The van der Waals surface area contributed by atoms with Crippen LogP contribution in [-0.2, 0) is 10.8 Å². The molecular weight excluding hydrogens is 879 g/mol. The molecule has 0 atom stereocenters. The molecule has 0 bridgehead atoms. The molecule has 2 spiro atoms. The number of nitrogens with zero attached hydrogens (tertiary/aromatic N) is 1. The maximum atomic E-state index is 6.76. The molecule has 1 aromatic heterocycles. The Kier molecular flexibility index (Phi) is 7.99. The molecular formula is C68H41NO3. The minimum absolute atomic E-state index is 0.627. The summed E-state index contributed by atoms with van der Waals surface area (Å²) in [4.78, 5) is 2.50. The molecule has 4 heteroatoms. The Hall–Kier alpha value is -9.38. The lowest BCUT2D eigenvalue weighted by molar-refractivity contribution is 0.436. The van der Waals surface area contributed by atoms with Crippen molar-refractivity contribution in [3.05, 3.63) is 293 Å². The molecule has 0 saturated carbocycles. The van der Waals surface area contributed by atoms with Gasteiger partial charge >= 0.3 is 0 Å². The number of anilines is 3. The summed E-state index contributed by atoms with van der Waals surface area (Å²) < 4.78 is 19.8. The zero-order valence-corrected chi connectivity index (χ0v) is 38.8. The van der Waals surface area contributed by atoms with Gasteiger partial charge in [0.2, 0.25) is 0 Å². The highest BCUT2D eigenvalue weighted by molar-refractivity contribution is 6.06. The molecule has 0 N–H and O–H groups in total.